The second-order valence-corrected chi connectivity index (χ2v) is 8.31. The molecule has 1 fully saturated rings. The third kappa shape index (κ3) is 4.50. The largest absolute Gasteiger partial charge is 0.507 e. The van der Waals surface area contributed by atoms with Crippen LogP contribution in [0, 0.1) is 0 Å². The lowest BCUT2D eigenvalue weighted by Crippen LogP contribution is -2.29. The van der Waals surface area contributed by atoms with E-state index in [-0.39, 0.29) is 17.9 Å². The smallest absolute Gasteiger partial charge is 0.295 e. The summed E-state index contributed by atoms with van der Waals surface area (Å²) in [4.78, 5) is 27.7. The highest BCUT2D eigenvalue weighted by Crippen LogP contribution is 2.40. The van der Waals surface area contributed by atoms with Crippen molar-refractivity contribution in [3.05, 3.63) is 106 Å². The second kappa shape index (κ2) is 9.51. The van der Waals surface area contributed by atoms with E-state index in [0.29, 0.717) is 21.9 Å². The summed E-state index contributed by atoms with van der Waals surface area (Å²) in [5, 5.41) is 11.7. The summed E-state index contributed by atoms with van der Waals surface area (Å²) in [6, 6.07) is 20.9. The van der Waals surface area contributed by atoms with Crippen LogP contribution in [0.1, 0.15) is 35.2 Å². The van der Waals surface area contributed by atoms with E-state index in [1.807, 2.05) is 31.2 Å². The summed E-state index contributed by atoms with van der Waals surface area (Å²) < 4.78 is 5.21. The number of Topliss-reactive ketones (excluding diaryl/α,β-unsaturated/α-hetero) is 1. The van der Waals surface area contributed by atoms with E-state index in [9.17, 15) is 14.7 Å². The number of hydrogen-bond acceptors (Lipinski definition) is 4. The number of likely N-dealkylation sites (tertiary alicyclic amines) is 1. The maximum absolute atomic E-state index is 13.1. The first-order valence-electron chi connectivity index (χ1n) is 10.7. The maximum Gasteiger partial charge on any atom is 0.295 e. The van der Waals surface area contributed by atoms with Crippen LogP contribution in [0.3, 0.4) is 0 Å². The number of rotatable bonds is 6. The molecule has 0 aromatic heterocycles. The molecule has 1 amide bonds. The van der Waals surface area contributed by atoms with Gasteiger partial charge in [-0.3, -0.25) is 9.59 Å². The van der Waals surface area contributed by atoms with Crippen molar-refractivity contribution in [1.82, 2.24) is 4.90 Å². The Kier molecular flexibility index (Phi) is 6.52. The number of aliphatic hydroxyl groups excluding tert-OH is 1. The van der Waals surface area contributed by atoms with Crippen molar-refractivity contribution in [2.24, 2.45) is 0 Å². The molecule has 0 saturated carbocycles. The van der Waals surface area contributed by atoms with Gasteiger partial charge in [-0.05, 0) is 47.4 Å². The average molecular weight is 462 g/mol. The molecule has 1 saturated heterocycles. The number of amides is 1. The van der Waals surface area contributed by atoms with Crippen molar-refractivity contribution >= 4 is 29.1 Å². The number of benzene rings is 3. The van der Waals surface area contributed by atoms with Crippen molar-refractivity contribution in [2.45, 2.75) is 25.9 Å². The summed E-state index contributed by atoms with van der Waals surface area (Å²) in [6.07, 6.45) is 0.859. The number of ether oxygens (including phenoxy) is 1. The van der Waals surface area contributed by atoms with Gasteiger partial charge < -0.3 is 14.7 Å². The van der Waals surface area contributed by atoms with Crippen LogP contribution in [0.2, 0.25) is 5.02 Å². The van der Waals surface area contributed by atoms with Crippen LogP contribution in [0.25, 0.3) is 5.76 Å². The molecule has 3 aromatic carbocycles. The van der Waals surface area contributed by atoms with Gasteiger partial charge in [-0.1, -0.05) is 67.1 Å². The number of aliphatic hydroxyl groups is 1. The van der Waals surface area contributed by atoms with Gasteiger partial charge in [-0.25, -0.2) is 0 Å². The molecular formula is C27H24ClNO4. The third-order valence-electron chi connectivity index (χ3n) is 5.87. The summed E-state index contributed by atoms with van der Waals surface area (Å²) in [6.45, 7) is 2.24. The number of ketones is 1. The molecule has 3 aromatic rings. The standard InChI is InChI=1S/C27H24ClNO4/c1-3-17-4-8-20(9-5-17)25(30)23-24(19-10-12-21(28)13-11-19)29(27(32)26(23)31)16-18-6-14-22(33-2)15-7-18/h4-15,24,30H,3,16H2,1-2H3/b25-23-. The average Bonchev–Trinajstić information content (AvgIpc) is 3.09. The Balaban J connectivity index is 1.80. The number of methoxy groups -OCH3 is 1. The molecule has 1 heterocycles. The van der Waals surface area contributed by atoms with Gasteiger partial charge in [-0.15, -0.1) is 0 Å². The lowest BCUT2D eigenvalue weighted by atomic mass is 9.95. The lowest BCUT2D eigenvalue weighted by Gasteiger charge is -2.25. The topological polar surface area (TPSA) is 66.8 Å². The second-order valence-electron chi connectivity index (χ2n) is 7.88. The number of carbonyl (C=O) groups excluding carboxylic acids is 2. The van der Waals surface area contributed by atoms with E-state index in [2.05, 4.69) is 0 Å². The molecule has 0 aliphatic carbocycles. The van der Waals surface area contributed by atoms with E-state index in [1.54, 1.807) is 55.6 Å². The van der Waals surface area contributed by atoms with E-state index in [1.165, 1.54) is 4.90 Å². The Morgan fingerprint density at radius 3 is 2.12 bits per heavy atom. The molecule has 1 aliphatic rings. The van der Waals surface area contributed by atoms with Crippen LogP contribution < -0.4 is 4.74 Å². The van der Waals surface area contributed by atoms with E-state index in [4.69, 9.17) is 16.3 Å². The predicted octanol–water partition coefficient (Wildman–Crippen LogP) is 5.53. The fourth-order valence-corrected chi connectivity index (χ4v) is 4.14. The molecule has 1 unspecified atom stereocenters. The fraction of sp³-hybridized carbons (Fsp3) is 0.185. The Labute approximate surface area is 197 Å². The highest BCUT2D eigenvalue weighted by molar-refractivity contribution is 6.46. The lowest BCUT2D eigenvalue weighted by molar-refractivity contribution is -0.140. The molecular weight excluding hydrogens is 438 g/mol. The zero-order valence-electron chi connectivity index (χ0n) is 18.4. The molecule has 0 radical (unpaired) electrons. The Morgan fingerprint density at radius 2 is 1.55 bits per heavy atom. The summed E-state index contributed by atoms with van der Waals surface area (Å²) >= 11 is 6.07. The minimum Gasteiger partial charge on any atom is -0.507 e. The first kappa shape index (κ1) is 22.6. The van der Waals surface area contributed by atoms with Gasteiger partial charge in [0.25, 0.3) is 11.7 Å². The highest BCUT2D eigenvalue weighted by Gasteiger charge is 2.46. The number of nitrogens with zero attached hydrogens (tertiary/aromatic N) is 1. The highest BCUT2D eigenvalue weighted by atomic mass is 35.5. The normalized spacial score (nSPS) is 17.4. The van der Waals surface area contributed by atoms with Crippen molar-refractivity contribution < 1.29 is 19.4 Å². The molecule has 0 spiro atoms. The number of halogens is 1. The van der Waals surface area contributed by atoms with Crippen molar-refractivity contribution in [3.63, 3.8) is 0 Å². The fourth-order valence-electron chi connectivity index (χ4n) is 4.02. The molecule has 1 N–H and O–H groups in total. The maximum atomic E-state index is 13.1. The van der Waals surface area contributed by atoms with Crippen LogP contribution in [-0.2, 0) is 22.6 Å². The number of hydrogen-bond donors (Lipinski definition) is 1. The van der Waals surface area contributed by atoms with Crippen LogP contribution >= 0.6 is 11.6 Å². The molecule has 6 heteroatoms. The summed E-state index contributed by atoms with van der Waals surface area (Å²) in [5.74, 6) is -0.850. The minimum absolute atomic E-state index is 0.0695. The number of aryl methyl sites for hydroxylation is 1. The first-order chi connectivity index (χ1) is 15.9. The van der Waals surface area contributed by atoms with Crippen molar-refractivity contribution in [3.8, 4) is 5.75 Å². The SMILES string of the molecule is CCc1ccc(/C(O)=C2/C(=O)C(=O)N(Cc3ccc(OC)cc3)C2c2ccc(Cl)cc2)cc1. The molecule has 4 rings (SSSR count). The molecule has 168 valence electrons. The van der Waals surface area contributed by atoms with Crippen LogP contribution in [0.15, 0.2) is 78.4 Å². The van der Waals surface area contributed by atoms with Crippen LogP contribution in [0.4, 0.5) is 0 Å². The van der Waals surface area contributed by atoms with E-state index in [0.717, 1.165) is 17.5 Å². The minimum atomic E-state index is -0.741. The van der Waals surface area contributed by atoms with Gasteiger partial charge in [0.05, 0.1) is 18.7 Å². The molecule has 33 heavy (non-hydrogen) atoms. The van der Waals surface area contributed by atoms with Gasteiger partial charge in [-0.2, -0.15) is 0 Å². The first-order valence-corrected chi connectivity index (χ1v) is 11.1. The monoisotopic (exact) mass is 461 g/mol. The quantitative estimate of drug-likeness (QED) is 0.297. The molecule has 0 bridgehead atoms. The van der Waals surface area contributed by atoms with E-state index < -0.39 is 17.7 Å². The molecule has 1 aliphatic heterocycles. The molecule has 1 atom stereocenters. The summed E-state index contributed by atoms with van der Waals surface area (Å²) in [7, 11) is 1.58. The predicted molar refractivity (Wildman–Crippen MR) is 128 cm³/mol. The Hall–Kier alpha value is -3.57. The Morgan fingerprint density at radius 1 is 0.939 bits per heavy atom. The zero-order valence-corrected chi connectivity index (χ0v) is 19.2. The van der Waals surface area contributed by atoms with Gasteiger partial charge in [0.1, 0.15) is 11.5 Å². The van der Waals surface area contributed by atoms with Crippen molar-refractivity contribution in [2.75, 3.05) is 7.11 Å². The van der Waals surface area contributed by atoms with Crippen LogP contribution in [0.5, 0.6) is 5.75 Å². The third-order valence-corrected chi connectivity index (χ3v) is 6.13. The Bertz CT molecular complexity index is 1200. The van der Waals surface area contributed by atoms with Crippen LogP contribution in [-0.4, -0.2) is 28.8 Å². The zero-order chi connectivity index (χ0) is 23.5. The van der Waals surface area contributed by atoms with Crippen molar-refractivity contribution in [1.29, 1.82) is 0 Å². The summed E-state index contributed by atoms with van der Waals surface area (Å²) in [5.41, 5.74) is 3.21. The molecule has 5 nitrogen and oxygen atoms in total. The number of carbonyl (C=O) groups is 2. The van der Waals surface area contributed by atoms with Gasteiger partial charge >= 0.3 is 0 Å². The van der Waals surface area contributed by atoms with Gasteiger partial charge in [0.15, 0.2) is 0 Å². The van der Waals surface area contributed by atoms with E-state index >= 15 is 0 Å². The van der Waals surface area contributed by atoms with Gasteiger partial charge in [0.2, 0.25) is 0 Å². The van der Waals surface area contributed by atoms with Gasteiger partial charge in [0, 0.05) is 17.1 Å².